The first-order valence-electron chi connectivity index (χ1n) is 9.77. The van der Waals surface area contributed by atoms with Gasteiger partial charge in [-0.25, -0.2) is 4.98 Å². The second-order valence-electron chi connectivity index (χ2n) is 6.91. The van der Waals surface area contributed by atoms with Gasteiger partial charge >= 0.3 is 0 Å². The summed E-state index contributed by atoms with van der Waals surface area (Å²) in [6.45, 7) is 4.40. The van der Waals surface area contributed by atoms with Crippen LogP contribution < -0.4 is 14.8 Å². The number of ether oxygens (including phenoxy) is 2. The number of halogens is 1. The number of aromatic nitrogens is 1. The number of amides is 1. The Morgan fingerprint density at radius 3 is 2.71 bits per heavy atom. The summed E-state index contributed by atoms with van der Waals surface area (Å²) < 4.78 is 17.4. The second-order valence-corrected chi connectivity index (χ2v) is 7.77. The molecule has 4 aromatic rings. The number of rotatable bonds is 6. The number of carbonyl (C=O) groups is 1. The van der Waals surface area contributed by atoms with Crippen molar-refractivity contribution in [3.63, 3.8) is 0 Å². The number of hydrogen-bond donors (Lipinski definition) is 1. The fourth-order valence-corrected chi connectivity index (χ4v) is 3.65. The molecule has 1 amide bonds. The zero-order valence-corrected chi connectivity index (χ0v) is 18.9. The third-order valence-corrected chi connectivity index (χ3v) is 5.44. The number of hydrogen-bond acceptors (Lipinski definition) is 5. The summed E-state index contributed by atoms with van der Waals surface area (Å²) in [6.07, 6.45) is 0. The Morgan fingerprint density at radius 2 is 1.97 bits per heavy atom. The molecule has 0 saturated carbocycles. The Morgan fingerprint density at radius 1 is 1.13 bits per heavy atom. The average Bonchev–Trinajstić information content (AvgIpc) is 3.20. The third kappa shape index (κ3) is 4.41. The van der Waals surface area contributed by atoms with E-state index < -0.39 is 0 Å². The lowest BCUT2D eigenvalue weighted by molar-refractivity contribution is 0.102. The fourth-order valence-electron chi connectivity index (χ4n) is 3.16. The number of carbonyl (C=O) groups excluding carboxylic acids is 1. The van der Waals surface area contributed by atoms with Gasteiger partial charge in [0.05, 0.1) is 18.2 Å². The fraction of sp³-hybridized carbons (Fsp3) is 0.167. The zero-order chi connectivity index (χ0) is 22.0. The van der Waals surface area contributed by atoms with Crippen LogP contribution in [-0.4, -0.2) is 24.6 Å². The van der Waals surface area contributed by atoms with E-state index in [9.17, 15) is 4.79 Å². The first-order chi connectivity index (χ1) is 15.0. The van der Waals surface area contributed by atoms with E-state index in [1.165, 1.54) is 0 Å². The minimum Gasteiger partial charge on any atom is -0.497 e. The normalized spacial score (nSPS) is 10.8. The van der Waals surface area contributed by atoms with E-state index in [-0.39, 0.29) is 5.91 Å². The lowest BCUT2D eigenvalue weighted by Gasteiger charge is -2.11. The first-order valence-corrected chi connectivity index (χ1v) is 10.6. The van der Waals surface area contributed by atoms with E-state index in [0.29, 0.717) is 46.3 Å². The molecule has 1 aromatic heterocycles. The highest BCUT2D eigenvalue weighted by molar-refractivity contribution is 9.10. The maximum atomic E-state index is 12.8. The predicted molar refractivity (Wildman–Crippen MR) is 124 cm³/mol. The van der Waals surface area contributed by atoms with E-state index in [1.807, 2.05) is 50.2 Å². The lowest BCUT2D eigenvalue weighted by atomic mass is 10.1. The summed E-state index contributed by atoms with van der Waals surface area (Å²) in [7, 11) is 1.61. The number of methoxy groups -OCH3 is 1. The Bertz CT molecular complexity index is 1270. The van der Waals surface area contributed by atoms with E-state index in [2.05, 4.69) is 26.2 Å². The van der Waals surface area contributed by atoms with Crippen molar-refractivity contribution in [1.82, 2.24) is 4.98 Å². The van der Waals surface area contributed by atoms with Crippen molar-refractivity contribution in [2.75, 3.05) is 19.0 Å². The van der Waals surface area contributed by atoms with Crippen LogP contribution in [-0.2, 0) is 0 Å². The van der Waals surface area contributed by atoms with Gasteiger partial charge in [-0.05, 0) is 77.8 Å². The largest absolute Gasteiger partial charge is 0.497 e. The van der Waals surface area contributed by atoms with Gasteiger partial charge in [0.1, 0.15) is 17.0 Å². The molecule has 3 aromatic carbocycles. The lowest BCUT2D eigenvalue weighted by Crippen LogP contribution is -2.13. The molecule has 0 atom stereocenters. The molecule has 7 heteroatoms. The van der Waals surface area contributed by atoms with Gasteiger partial charge in [0.25, 0.3) is 5.91 Å². The molecule has 4 rings (SSSR count). The van der Waals surface area contributed by atoms with Crippen molar-refractivity contribution >= 4 is 38.6 Å². The van der Waals surface area contributed by atoms with Crippen molar-refractivity contribution in [1.29, 1.82) is 0 Å². The molecule has 1 N–H and O–H groups in total. The van der Waals surface area contributed by atoms with Gasteiger partial charge in [0.15, 0.2) is 5.58 Å². The minimum absolute atomic E-state index is 0.216. The first kappa shape index (κ1) is 20.9. The van der Waals surface area contributed by atoms with Gasteiger partial charge < -0.3 is 19.2 Å². The number of anilines is 1. The zero-order valence-electron chi connectivity index (χ0n) is 17.4. The molecule has 0 aliphatic heterocycles. The topological polar surface area (TPSA) is 73.6 Å². The van der Waals surface area contributed by atoms with E-state index in [4.69, 9.17) is 13.9 Å². The highest BCUT2D eigenvalue weighted by atomic mass is 79.9. The molecule has 31 heavy (non-hydrogen) atoms. The van der Waals surface area contributed by atoms with Gasteiger partial charge in [0.2, 0.25) is 5.89 Å². The van der Waals surface area contributed by atoms with Crippen LogP contribution in [0.3, 0.4) is 0 Å². The van der Waals surface area contributed by atoms with Crippen LogP contribution in [0.15, 0.2) is 63.5 Å². The highest BCUT2D eigenvalue weighted by Gasteiger charge is 2.14. The third-order valence-electron chi connectivity index (χ3n) is 4.82. The Hall–Kier alpha value is -3.32. The molecule has 0 unspecified atom stereocenters. The van der Waals surface area contributed by atoms with E-state index in [1.54, 1.807) is 25.3 Å². The average molecular weight is 481 g/mol. The Labute approximate surface area is 188 Å². The monoisotopic (exact) mass is 480 g/mol. The van der Waals surface area contributed by atoms with Crippen LogP contribution in [0.2, 0.25) is 0 Å². The van der Waals surface area contributed by atoms with Crippen molar-refractivity contribution in [2.45, 2.75) is 13.8 Å². The summed E-state index contributed by atoms with van der Waals surface area (Å²) in [4.78, 5) is 17.4. The molecule has 0 fully saturated rings. The number of aryl methyl sites for hydroxylation is 1. The van der Waals surface area contributed by atoms with Crippen molar-refractivity contribution in [3.05, 3.63) is 70.2 Å². The van der Waals surface area contributed by atoms with E-state index in [0.717, 1.165) is 15.6 Å². The van der Waals surface area contributed by atoms with Crippen molar-refractivity contribution in [3.8, 4) is 23.0 Å². The minimum atomic E-state index is -0.216. The summed E-state index contributed by atoms with van der Waals surface area (Å²) in [6, 6.07) is 16.4. The molecule has 0 bridgehead atoms. The molecule has 0 aliphatic rings. The van der Waals surface area contributed by atoms with Crippen molar-refractivity contribution in [2.24, 2.45) is 0 Å². The van der Waals surface area contributed by atoms with Crippen LogP contribution in [0.25, 0.3) is 22.6 Å². The van der Waals surface area contributed by atoms with Gasteiger partial charge in [0, 0.05) is 22.9 Å². The summed E-state index contributed by atoms with van der Waals surface area (Å²) in [5.74, 6) is 1.67. The number of oxazole rings is 1. The number of benzene rings is 3. The predicted octanol–water partition coefficient (Wildman–Crippen LogP) is 6.23. The number of nitrogens with one attached hydrogen (secondary N) is 1. The summed E-state index contributed by atoms with van der Waals surface area (Å²) in [5, 5.41) is 2.98. The van der Waals surface area contributed by atoms with Crippen molar-refractivity contribution < 1.29 is 18.7 Å². The van der Waals surface area contributed by atoms with Gasteiger partial charge in [-0.3, -0.25) is 4.79 Å². The SMILES string of the molecule is CCOc1ccc(C(=O)Nc2cc(-c3nc4cc(OC)ccc4o3)ccc2C)cc1Br. The molecular weight excluding hydrogens is 460 g/mol. The van der Waals surface area contributed by atoms with Gasteiger partial charge in [-0.1, -0.05) is 6.07 Å². The Kier molecular flexibility index (Phi) is 5.95. The molecule has 158 valence electrons. The molecule has 0 spiro atoms. The van der Waals surface area contributed by atoms with Gasteiger partial charge in [-0.15, -0.1) is 0 Å². The second kappa shape index (κ2) is 8.81. The molecule has 0 saturated heterocycles. The molecule has 0 radical (unpaired) electrons. The van der Waals surface area contributed by atoms with E-state index >= 15 is 0 Å². The summed E-state index contributed by atoms with van der Waals surface area (Å²) >= 11 is 3.45. The van der Waals surface area contributed by atoms with Crippen LogP contribution in [0, 0.1) is 6.92 Å². The molecule has 0 aliphatic carbocycles. The standard InChI is InChI=1S/C24H21BrN2O4/c1-4-30-21-9-7-15(11-18(21)25)23(28)26-19-12-16(6-5-14(19)2)24-27-20-13-17(29-3)8-10-22(20)31-24/h5-13H,4H2,1-3H3,(H,26,28). The van der Waals surface area contributed by atoms with Crippen LogP contribution in [0.4, 0.5) is 5.69 Å². The Balaban J connectivity index is 1.61. The van der Waals surface area contributed by atoms with Crippen LogP contribution in [0.5, 0.6) is 11.5 Å². The maximum Gasteiger partial charge on any atom is 0.255 e. The smallest absolute Gasteiger partial charge is 0.255 e. The highest BCUT2D eigenvalue weighted by Crippen LogP contribution is 2.30. The van der Waals surface area contributed by atoms with Crippen LogP contribution >= 0.6 is 15.9 Å². The number of nitrogens with zero attached hydrogens (tertiary/aromatic N) is 1. The quantitative estimate of drug-likeness (QED) is 0.354. The van der Waals surface area contributed by atoms with Crippen LogP contribution in [0.1, 0.15) is 22.8 Å². The summed E-state index contributed by atoms with van der Waals surface area (Å²) in [5.41, 5.74) is 4.28. The molecule has 6 nitrogen and oxygen atoms in total. The molecule has 1 heterocycles. The maximum absolute atomic E-state index is 12.8. The number of fused-ring (bicyclic) bond motifs is 1. The van der Waals surface area contributed by atoms with Gasteiger partial charge in [-0.2, -0.15) is 0 Å². The molecular formula is C24H21BrN2O4.